The number of rotatable bonds is 12. The predicted octanol–water partition coefficient (Wildman–Crippen LogP) is 4.13. The fraction of sp³-hybridized carbons (Fsp3) is 0.464. The highest BCUT2D eigenvalue weighted by atomic mass is 16.5. The number of hydrogen-bond acceptors (Lipinski definition) is 6. The second-order valence-electron chi connectivity index (χ2n) is 9.79. The van der Waals surface area contributed by atoms with Gasteiger partial charge in [-0.25, -0.2) is 4.98 Å². The van der Waals surface area contributed by atoms with E-state index in [1.165, 1.54) is 21.3 Å². The van der Waals surface area contributed by atoms with Crippen LogP contribution in [0.15, 0.2) is 36.4 Å². The minimum atomic E-state index is -0.328. The lowest BCUT2D eigenvalue weighted by molar-refractivity contribution is -0.132. The number of carbonyl (C=O) groups is 2. The zero-order valence-electron chi connectivity index (χ0n) is 22.8. The summed E-state index contributed by atoms with van der Waals surface area (Å²) < 4.78 is 18.0. The number of imidazole rings is 1. The summed E-state index contributed by atoms with van der Waals surface area (Å²) in [6.07, 6.45) is 0. The molecule has 0 unspecified atom stereocenters. The van der Waals surface area contributed by atoms with Crippen molar-refractivity contribution in [1.29, 1.82) is 0 Å². The maximum absolute atomic E-state index is 13.4. The van der Waals surface area contributed by atoms with Crippen molar-refractivity contribution < 1.29 is 23.8 Å². The molecule has 0 aliphatic heterocycles. The van der Waals surface area contributed by atoms with E-state index in [0.29, 0.717) is 53.6 Å². The van der Waals surface area contributed by atoms with Crippen molar-refractivity contribution in [2.24, 2.45) is 11.8 Å². The molecule has 9 nitrogen and oxygen atoms in total. The van der Waals surface area contributed by atoms with Crippen molar-refractivity contribution in [2.75, 3.05) is 34.4 Å². The lowest BCUT2D eigenvalue weighted by Crippen LogP contribution is -2.39. The van der Waals surface area contributed by atoms with Gasteiger partial charge < -0.3 is 29.0 Å². The number of para-hydroxylation sites is 2. The number of hydrogen-bond donors (Lipinski definition) is 1. The average molecular weight is 511 g/mol. The number of nitrogens with zero attached hydrogens (tertiary/aromatic N) is 3. The molecule has 37 heavy (non-hydrogen) atoms. The first-order valence-corrected chi connectivity index (χ1v) is 12.5. The first-order chi connectivity index (χ1) is 17.7. The van der Waals surface area contributed by atoms with Gasteiger partial charge in [-0.05, 0) is 36.1 Å². The van der Waals surface area contributed by atoms with Crippen LogP contribution in [-0.2, 0) is 17.9 Å². The molecular formula is C28H38N4O5. The lowest BCUT2D eigenvalue weighted by Gasteiger charge is -2.27. The summed E-state index contributed by atoms with van der Waals surface area (Å²) in [5.74, 6) is 2.21. The Kier molecular flexibility index (Phi) is 9.38. The van der Waals surface area contributed by atoms with Crippen LogP contribution >= 0.6 is 0 Å². The molecule has 2 aromatic carbocycles. The molecule has 0 aliphatic rings. The first-order valence-electron chi connectivity index (χ1n) is 12.5. The Bertz CT molecular complexity index is 1200. The van der Waals surface area contributed by atoms with Crippen molar-refractivity contribution in [3.8, 4) is 17.2 Å². The average Bonchev–Trinajstić information content (AvgIpc) is 3.22. The molecule has 200 valence electrons. The first kappa shape index (κ1) is 27.8. The molecule has 9 heteroatoms. The van der Waals surface area contributed by atoms with E-state index in [0.717, 1.165) is 11.0 Å². The van der Waals surface area contributed by atoms with Crippen molar-refractivity contribution in [2.45, 2.75) is 40.8 Å². The SMILES string of the molecule is COc1cc(C(=O)NCc2nc3ccccc3n2CC(=O)N(CC(C)C)CC(C)C)cc(OC)c1OC. The fourth-order valence-electron chi connectivity index (χ4n) is 4.31. The van der Waals surface area contributed by atoms with E-state index in [2.05, 4.69) is 33.0 Å². The molecule has 0 atom stereocenters. The molecule has 0 aliphatic carbocycles. The number of amides is 2. The van der Waals surface area contributed by atoms with E-state index < -0.39 is 0 Å². The third-order valence-electron chi connectivity index (χ3n) is 5.88. The van der Waals surface area contributed by atoms with Crippen LogP contribution in [0.3, 0.4) is 0 Å². The lowest BCUT2D eigenvalue weighted by atomic mass is 10.1. The van der Waals surface area contributed by atoms with Crippen LogP contribution in [0.1, 0.15) is 43.9 Å². The Morgan fingerprint density at radius 3 is 2.08 bits per heavy atom. The van der Waals surface area contributed by atoms with Crippen LogP contribution in [0.2, 0.25) is 0 Å². The third kappa shape index (κ3) is 6.72. The standard InChI is InChI=1S/C28H38N4O5/c1-18(2)15-31(16-19(3)4)26(33)17-32-22-11-9-8-10-21(22)30-25(32)14-29-28(34)20-12-23(35-5)27(37-7)24(13-20)36-6/h8-13,18-19H,14-17H2,1-7H3,(H,29,34). The molecular weight excluding hydrogens is 472 g/mol. The van der Waals surface area contributed by atoms with Crippen molar-refractivity contribution in [3.05, 3.63) is 47.8 Å². The molecule has 0 radical (unpaired) electrons. The topological polar surface area (TPSA) is 94.9 Å². The van der Waals surface area contributed by atoms with Gasteiger partial charge in [-0.15, -0.1) is 0 Å². The van der Waals surface area contributed by atoms with E-state index in [9.17, 15) is 9.59 Å². The van der Waals surface area contributed by atoms with Crippen LogP contribution < -0.4 is 19.5 Å². The molecule has 0 saturated heterocycles. The Morgan fingerprint density at radius 1 is 0.946 bits per heavy atom. The Balaban J connectivity index is 1.87. The highest BCUT2D eigenvalue weighted by molar-refractivity contribution is 5.95. The Morgan fingerprint density at radius 2 is 1.54 bits per heavy atom. The smallest absolute Gasteiger partial charge is 0.251 e. The van der Waals surface area contributed by atoms with Gasteiger partial charge in [0, 0.05) is 18.7 Å². The number of aromatic nitrogens is 2. The van der Waals surface area contributed by atoms with Gasteiger partial charge in [0.1, 0.15) is 12.4 Å². The second-order valence-corrected chi connectivity index (χ2v) is 9.79. The summed E-state index contributed by atoms with van der Waals surface area (Å²) in [6.45, 7) is 10.1. The quantitative estimate of drug-likeness (QED) is 0.394. The minimum Gasteiger partial charge on any atom is -0.493 e. The van der Waals surface area contributed by atoms with Crippen LogP contribution in [0, 0.1) is 11.8 Å². The van der Waals surface area contributed by atoms with E-state index in [-0.39, 0.29) is 24.9 Å². The normalized spacial score (nSPS) is 11.2. The van der Waals surface area contributed by atoms with Gasteiger partial charge in [-0.1, -0.05) is 39.8 Å². The van der Waals surface area contributed by atoms with Gasteiger partial charge in [0.15, 0.2) is 11.5 Å². The molecule has 3 rings (SSSR count). The molecule has 0 fully saturated rings. The molecule has 3 aromatic rings. The van der Waals surface area contributed by atoms with E-state index in [1.54, 1.807) is 12.1 Å². The zero-order chi connectivity index (χ0) is 27.1. The van der Waals surface area contributed by atoms with Gasteiger partial charge in [0.05, 0.1) is 38.9 Å². The summed E-state index contributed by atoms with van der Waals surface area (Å²) in [4.78, 5) is 33.1. The Hall–Kier alpha value is -3.75. The minimum absolute atomic E-state index is 0.0303. The summed E-state index contributed by atoms with van der Waals surface area (Å²) in [7, 11) is 4.51. The van der Waals surface area contributed by atoms with Crippen LogP contribution in [-0.4, -0.2) is 60.7 Å². The summed E-state index contributed by atoms with van der Waals surface area (Å²) in [5, 5.41) is 2.92. The van der Waals surface area contributed by atoms with Gasteiger partial charge in [0.2, 0.25) is 11.7 Å². The zero-order valence-corrected chi connectivity index (χ0v) is 22.8. The van der Waals surface area contributed by atoms with Crippen molar-refractivity contribution in [3.63, 3.8) is 0 Å². The van der Waals surface area contributed by atoms with Crippen LogP contribution in [0.4, 0.5) is 0 Å². The monoisotopic (exact) mass is 510 g/mol. The number of ether oxygens (including phenoxy) is 3. The van der Waals surface area contributed by atoms with E-state index in [4.69, 9.17) is 19.2 Å². The van der Waals surface area contributed by atoms with E-state index in [1.807, 2.05) is 33.7 Å². The summed E-state index contributed by atoms with van der Waals surface area (Å²) in [5.41, 5.74) is 1.97. The molecule has 0 bridgehead atoms. The molecule has 0 saturated carbocycles. The number of methoxy groups -OCH3 is 3. The largest absolute Gasteiger partial charge is 0.493 e. The number of carbonyl (C=O) groups excluding carboxylic acids is 2. The van der Waals surface area contributed by atoms with Crippen LogP contribution in [0.25, 0.3) is 11.0 Å². The highest BCUT2D eigenvalue weighted by Crippen LogP contribution is 2.38. The highest BCUT2D eigenvalue weighted by Gasteiger charge is 2.21. The number of nitrogens with one attached hydrogen (secondary N) is 1. The Labute approximate surface area is 218 Å². The van der Waals surface area contributed by atoms with Gasteiger partial charge in [-0.2, -0.15) is 0 Å². The summed E-state index contributed by atoms with van der Waals surface area (Å²) in [6, 6.07) is 10.9. The second kappa shape index (κ2) is 12.5. The van der Waals surface area contributed by atoms with Gasteiger partial charge in [-0.3, -0.25) is 9.59 Å². The van der Waals surface area contributed by atoms with Crippen molar-refractivity contribution in [1.82, 2.24) is 19.8 Å². The van der Waals surface area contributed by atoms with E-state index >= 15 is 0 Å². The molecule has 2 amide bonds. The number of fused-ring (bicyclic) bond motifs is 1. The predicted molar refractivity (Wildman–Crippen MR) is 143 cm³/mol. The van der Waals surface area contributed by atoms with Crippen LogP contribution in [0.5, 0.6) is 17.2 Å². The summed E-state index contributed by atoms with van der Waals surface area (Å²) >= 11 is 0. The maximum atomic E-state index is 13.4. The molecule has 1 heterocycles. The number of benzene rings is 2. The third-order valence-corrected chi connectivity index (χ3v) is 5.88. The van der Waals surface area contributed by atoms with Crippen molar-refractivity contribution >= 4 is 22.8 Å². The molecule has 1 aromatic heterocycles. The van der Waals surface area contributed by atoms with Gasteiger partial charge in [0.25, 0.3) is 5.91 Å². The molecule has 0 spiro atoms. The fourth-order valence-corrected chi connectivity index (χ4v) is 4.31. The molecule has 1 N–H and O–H groups in total. The maximum Gasteiger partial charge on any atom is 0.251 e. The van der Waals surface area contributed by atoms with Gasteiger partial charge >= 0.3 is 0 Å².